The van der Waals surface area contributed by atoms with Gasteiger partial charge in [0, 0.05) is 12.8 Å². The molecule has 0 aromatic carbocycles. The summed E-state index contributed by atoms with van der Waals surface area (Å²) in [5.74, 6) is -2.07. The standard InChI is InChI=1S/C18H28N2O3/c1-2-12-16(15-20)18(22)23-17(21)13-10-8-6-4-3-5-7-9-11-14-19/h16H,2-13H2,1H3. The van der Waals surface area contributed by atoms with Crippen LogP contribution in [-0.2, 0) is 14.3 Å². The van der Waals surface area contributed by atoms with Gasteiger partial charge >= 0.3 is 11.9 Å². The molecule has 0 spiro atoms. The van der Waals surface area contributed by atoms with Crippen LogP contribution in [-0.4, -0.2) is 11.9 Å². The number of hydrogen-bond donors (Lipinski definition) is 0. The fourth-order valence-corrected chi connectivity index (χ4v) is 2.29. The zero-order valence-corrected chi connectivity index (χ0v) is 14.2. The Morgan fingerprint density at radius 3 is 2.04 bits per heavy atom. The highest BCUT2D eigenvalue weighted by molar-refractivity contribution is 5.87. The summed E-state index contributed by atoms with van der Waals surface area (Å²) >= 11 is 0. The Hall–Kier alpha value is -1.88. The number of unbranched alkanes of at least 4 members (excludes halogenated alkanes) is 8. The van der Waals surface area contributed by atoms with E-state index in [2.05, 4.69) is 6.07 Å². The van der Waals surface area contributed by atoms with Crippen molar-refractivity contribution in [1.82, 2.24) is 0 Å². The van der Waals surface area contributed by atoms with Crippen molar-refractivity contribution in [3.63, 3.8) is 0 Å². The molecular formula is C18H28N2O3. The van der Waals surface area contributed by atoms with Crippen LogP contribution in [0.4, 0.5) is 0 Å². The molecule has 23 heavy (non-hydrogen) atoms. The summed E-state index contributed by atoms with van der Waals surface area (Å²) < 4.78 is 4.71. The van der Waals surface area contributed by atoms with Gasteiger partial charge in [0.05, 0.1) is 12.1 Å². The van der Waals surface area contributed by atoms with Crippen molar-refractivity contribution in [3.05, 3.63) is 0 Å². The van der Waals surface area contributed by atoms with Crippen LogP contribution in [0.3, 0.4) is 0 Å². The molecule has 0 saturated carbocycles. The van der Waals surface area contributed by atoms with Gasteiger partial charge in [-0.25, -0.2) is 0 Å². The molecule has 5 nitrogen and oxygen atoms in total. The lowest BCUT2D eigenvalue weighted by Crippen LogP contribution is -2.20. The first-order valence-electron chi connectivity index (χ1n) is 8.66. The van der Waals surface area contributed by atoms with Crippen LogP contribution in [0.15, 0.2) is 0 Å². The maximum atomic E-state index is 11.6. The van der Waals surface area contributed by atoms with E-state index in [1.165, 1.54) is 0 Å². The van der Waals surface area contributed by atoms with Crippen molar-refractivity contribution in [2.45, 2.75) is 84.0 Å². The van der Waals surface area contributed by atoms with E-state index in [4.69, 9.17) is 15.3 Å². The highest BCUT2D eigenvalue weighted by atomic mass is 16.6. The van der Waals surface area contributed by atoms with E-state index in [0.29, 0.717) is 25.7 Å². The number of carbonyl (C=O) groups excluding carboxylic acids is 2. The molecule has 1 unspecified atom stereocenters. The third-order valence-electron chi connectivity index (χ3n) is 3.65. The van der Waals surface area contributed by atoms with Crippen LogP contribution >= 0.6 is 0 Å². The second-order valence-electron chi connectivity index (χ2n) is 5.75. The highest BCUT2D eigenvalue weighted by Gasteiger charge is 2.21. The largest absolute Gasteiger partial charge is 0.392 e. The van der Waals surface area contributed by atoms with Crippen LogP contribution in [0.2, 0.25) is 0 Å². The van der Waals surface area contributed by atoms with Gasteiger partial charge in [0.15, 0.2) is 0 Å². The number of carbonyl (C=O) groups is 2. The lowest BCUT2D eigenvalue weighted by molar-refractivity contribution is -0.161. The molecule has 5 heteroatoms. The van der Waals surface area contributed by atoms with E-state index < -0.39 is 17.9 Å². The van der Waals surface area contributed by atoms with E-state index in [9.17, 15) is 9.59 Å². The van der Waals surface area contributed by atoms with Crippen molar-refractivity contribution in [2.75, 3.05) is 0 Å². The van der Waals surface area contributed by atoms with Crippen LogP contribution < -0.4 is 0 Å². The van der Waals surface area contributed by atoms with Gasteiger partial charge < -0.3 is 4.74 Å². The van der Waals surface area contributed by atoms with Crippen molar-refractivity contribution < 1.29 is 14.3 Å². The summed E-state index contributed by atoms with van der Waals surface area (Å²) in [4.78, 5) is 23.1. The van der Waals surface area contributed by atoms with Gasteiger partial charge in [0.2, 0.25) is 0 Å². The van der Waals surface area contributed by atoms with Crippen molar-refractivity contribution in [1.29, 1.82) is 10.5 Å². The molecule has 0 amide bonds. The Labute approximate surface area is 139 Å². The number of rotatable bonds is 13. The topological polar surface area (TPSA) is 90.9 Å². The fraction of sp³-hybridized carbons (Fsp3) is 0.778. The first kappa shape index (κ1) is 21.1. The van der Waals surface area contributed by atoms with Gasteiger partial charge in [0.25, 0.3) is 0 Å². The molecule has 0 saturated heterocycles. The maximum absolute atomic E-state index is 11.6. The summed E-state index contributed by atoms with van der Waals surface area (Å²) in [5.41, 5.74) is 0. The first-order valence-corrected chi connectivity index (χ1v) is 8.66. The van der Waals surface area contributed by atoms with Crippen molar-refractivity contribution in [2.24, 2.45) is 5.92 Å². The number of ether oxygens (including phenoxy) is 1. The number of nitrogens with zero attached hydrogens (tertiary/aromatic N) is 2. The predicted octanol–water partition coefficient (Wildman–Crippen LogP) is 4.42. The molecule has 0 bridgehead atoms. The summed E-state index contributed by atoms with van der Waals surface area (Å²) in [6.45, 7) is 1.88. The maximum Gasteiger partial charge on any atom is 0.330 e. The molecular weight excluding hydrogens is 292 g/mol. The van der Waals surface area contributed by atoms with Gasteiger partial charge in [-0.1, -0.05) is 51.9 Å². The van der Waals surface area contributed by atoms with Crippen LogP contribution in [0.25, 0.3) is 0 Å². The second-order valence-corrected chi connectivity index (χ2v) is 5.75. The van der Waals surface area contributed by atoms with Crippen LogP contribution in [0, 0.1) is 28.6 Å². The van der Waals surface area contributed by atoms with Gasteiger partial charge in [-0.3, -0.25) is 9.59 Å². The predicted molar refractivity (Wildman–Crippen MR) is 86.9 cm³/mol. The Morgan fingerprint density at radius 2 is 1.52 bits per heavy atom. The molecule has 0 N–H and O–H groups in total. The Kier molecular flexibility index (Phi) is 13.8. The normalized spacial score (nSPS) is 11.3. The number of nitriles is 2. The van der Waals surface area contributed by atoms with E-state index >= 15 is 0 Å². The average molecular weight is 320 g/mol. The smallest absolute Gasteiger partial charge is 0.330 e. The lowest BCUT2D eigenvalue weighted by atomic mass is 10.1. The molecule has 0 radical (unpaired) electrons. The van der Waals surface area contributed by atoms with Gasteiger partial charge in [-0.05, 0) is 19.3 Å². The first-order chi connectivity index (χ1) is 11.2. The van der Waals surface area contributed by atoms with E-state index in [1.807, 2.05) is 13.0 Å². The molecule has 128 valence electrons. The van der Waals surface area contributed by atoms with E-state index in [1.54, 1.807) is 0 Å². The molecule has 0 fully saturated rings. The molecule has 0 heterocycles. The van der Waals surface area contributed by atoms with Crippen LogP contribution in [0.5, 0.6) is 0 Å². The van der Waals surface area contributed by atoms with Crippen molar-refractivity contribution >= 4 is 11.9 Å². The monoisotopic (exact) mass is 320 g/mol. The zero-order chi connectivity index (χ0) is 17.3. The third-order valence-corrected chi connectivity index (χ3v) is 3.65. The van der Waals surface area contributed by atoms with E-state index in [-0.39, 0.29) is 6.42 Å². The molecule has 0 aliphatic rings. The van der Waals surface area contributed by atoms with Gasteiger partial charge in [-0.15, -0.1) is 0 Å². The van der Waals surface area contributed by atoms with Gasteiger partial charge in [-0.2, -0.15) is 10.5 Å². The minimum absolute atomic E-state index is 0.234. The summed E-state index contributed by atoms with van der Waals surface area (Å²) in [6.07, 6.45) is 10.3. The zero-order valence-electron chi connectivity index (χ0n) is 14.2. The SMILES string of the molecule is CCCC(C#N)C(=O)OC(=O)CCCCCCCCCCC#N. The Morgan fingerprint density at radius 1 is 0.957 bits per heavy atom. The third kappa shape index (κ3) is 12.4. The molecule has 0 aliphatic heterocycles. The lowest BCUT2D eigenvalue weighted by Gasteiger charge is -2.07. The quantitative estimate of drug-likeness (QED) is 0.284. The molecule has 1 atom stereocenters. The van der Waals surface area contributed by atoms with Gasteiger partial charge in [0.1, 0.15) is 5.92 Å². The molecule has 0 aliphatic carbocycles. The fourth-order valence-electron chi connectivity index (χ4n) is 2.29. The van der Waals surface area contributed by atoms with Crippen LogP contribution in [0.1, 0.15) is 84.0 Å². The molecule has 0 aromatic heterocycles. The molecule has 0 aromatic rings. The second kappa shape index (κ2) is 15.0. The molecule has 0 rings (SSSR count). The van der Waals surface area contributed by atoms with E-state index in [0.717, 1.165) is 44.9 Å². The highest BCUT2D eigenvalue weighted by Crippen LogP contribution is 2.12. The Balaban J connectivity index is 3.55. The number of esters is 2. The van der Waals surface area contributed by atoms with Crippen molar-refractivity contribution in [3.8, 4) is 12.1 Å². The summed E-state index contributed by atoms with van der Waals surface area (Å²) in [7, 11) is 0. The minimum atomic E-state index is -0.829. The average Bonchev–Trinajstić information content (AvgIpc) is 2.54. The summed E-state index contributed by atoms with van der Waals surface area (Å²) in [5, 5.41) is 17.2. The number of hydrogen-bond acceptors (Lipinski definition) is 5. The minimum Gasteiger partial charge on any atom is -0.392 e. The summed E-state index contributed by atoms with van der Waals surface area (Å²) in [6, 6.07) is 4.01. The Bertz CT molecular complexity index is 421.